The Hall–Kier alpha value is -0.930. The molecule has 0 aromatic heterocycles. The van der Waals surface area contributed by atoms with E-state index >= 15 is 0 Å². The van der Waals surface area contributed by atoms with Crippen molar-refractivity contribution in [2.24, 2.45) is 5.92 Å². The van der Waals surface area contributed by atoms with E-state index in [-0.39, 0.29) is 24.9 Å². The van der Waals surface area contributed by atoms with Crippen LogP contribution in [-0.4, -0.2) is 23.4 Å². The summed E-state index contributed by atoms with van der Waals surface area (Å²) in [7, 11) is 0. The van der Waals surface area contributed by atoms with E-state index in [2.05, 4.69) is 0 Å². The molecule has 1 rings (SSSR count). The molecule has 0 saturated carbocycles. The van der Waals surface area contributed by atoms with Crippen LogP contribution >= 0.6 is 0 Å². The Morgan fingerprint density at radius 1 is 1.27 bits per heavy atom. The summed E-state index contributed by atoms with van der Waals surface area (Å²) in [5.74, 6) is -0.352. The smallest absolute Gasteiger partial charge is 0.126 e. The standard InChI is InChI=1S/C12H17FO2/c1-9-2-4-11(12(13)6-9)5-3-10(7-14)8-15/h2,4,6,10,14-15H,3,5,7-8H2,1H3. The third-order valence-corrected chi connectivity index (χ3v) is 2.55. The number of rotatable bonds is 5. The van der Waals surface area contributed by atoms with Crippen molar-refractivity contribution in [1.82, 2.24) is 0 Å². The molecular weight excluding hydrogens is 195 g/mol. The van der Waals surface area contributed by atoms with Crippen molar-refractivity contribution in [1.29, 1.82) is 0 Å². The van der Waals surface area contributed by atoms with Gasteiger partial charge in [0.2, 0.25) is 0 Å². The van der Waals surface area contributed by atoms with Crippen molar-refractivity contribution in [3.63, 3.8) is 0 Å². The van der Waals surface area contributed by atoms with Crippen LogP contribution in [0.1, 0.15) is 17.5 Å². The predicted molar refractivity (Wildman–Crippen MR) is 57.1 cm³/mol. The average Bonchev–Trinajstić information content (AvgIpc) is 2.22. The molecule has 1 aromatic rings. The fraction of sp³-hybridized carbons (Fsp3) is 0.500. The highest BCUT2D eigenvalue weighted by Gasteiger charge is 2.08. The Labute approximate surface area is 89.4 Å². The van der Waals surface area contributed by atoms with E-state index in [0.717, 1.165) is 5.56 Å². The molecule has 0 saturated heterocycles. The van der Waals surface area contributed by atoms with Crippen molar-refractivity contribution in [3.05, 3.63) is 35.1 Å². The van der Waals surface area contributed by atoms with Crippen LogP contribution in [0.15, 0.2) is 18.2 Å². The second kappa shape index (κ2) is 5.83. The van der Waals surface area contributed by atoms with Crippen molar-refractivity contribution in [3.8, 4) is 0 Å². The molecule has 0 spiro atoms. The molecule has 3 heteroatoms. The first-order valence-electron chi connectivity index (χ1n) is 5.14. The minimum Gasteiger partial charge on any atom is -0.396 e. The fourth-order valence-corrected chi connectivity index (χ4v) is 1.46. The summed E-state index contributed by atoms with van der Waals surface area (Å²) in [4.78, 5) is 0. The number of benzene rings is 1. The lowest BCUT2D eigenvalue weighted by molar-refractivity contribution is 0.144. The molecule has 0 amide bonds. The Kier molecular flexibility index (Phi) is 4.72. The summed E-state index contributed by atoms with van der Waals surface area (Å²) in [6.07, 6.45) is 1.16. The topological polar surface area (TPSA) is 40.5 Å². The monoisotopic (exact) mass is 212 g/mol. The van der Waals surface area contributed by atoms with Crippen LogP contribution in [0.4, 0.5) is 4.39 Å². The molecule has 0 aliphatic rings. The first-order chi connectivity index (χ1) is 7.17. The number of halogens is 1. The van der Waals surface area contributed by atoms with Gasteiger partial charge in [0.1, 0.15) is 5.82 Å². The molecule has 1 aromatic carbocycles. The van der Waals surface area contributed by atoms with Gasteiger partial charge >= 0.3 is 0 Å². The van der Waals surface area contributed by atoms with Crippen molar-refractivity contribution < 1.29 is 14.6 Å². The van der Waals surface area contributed by atoms with E-state index in [1.807, 2.05) is 13.0 Å². The Bertz CT molecular complexity index is 308. The highest BCUT2D eigenvalue weighted by atomic mass is 19.1. The number of hydrogen-bond donors (Lipinski definition) is 2. The first kappa shape index (κ1) is 12.1. The molecule has 0 aliphatic carbocycles. The van der Waals surface area contributed by atoms with Gasteiger partial charge in [-0.2, -0.15) is 0 Å². The van der Waals surface area contributed by atoms with Gasteiger partial charge in [0, 0.05) is 19.1 Å². The molecule has 0 fully saturated rings. The van der Waals surface area contributed by atoms with E-state index in [1.165, 1.54) is 6.07 Å². The zero-order valence-corrected chi connectivity index (χ0v) is 8.91. The highest BCUT2D eigenvalue weighted by Crippen LogP contribution is 2.14. The summed E-state index contributed by atoms with van der Waals surface area (Å²) in [6.45, 7) is 1.74. The molecular formula is C12H17FO2. The van der Waals surface area contributed by atoms with Crippen LogP contribution in [0, 0.1) is 18.7 Å². The summed E-state index contributed by atoms with van der Waals surface area (Å²) in [6, 6.07) is 5.13. The first-order valence-corrected chi connectivity index (χ1v) is 5.14. The summed E-state index contributed by atoms with van der Waals surface area (Å²) in [5.41, 5.74) is 1.55. The summed E-state index contributed by atoms with van der Waals surface area (Å²) >= 11 is 0. The molecule has 0 aliphatic heterocycles. The zero-order chi connectivity index (χ0) is 11.3. The molecule has 0 unspecified atom stereocenters. The van der Waals surface area contributed by atoms with Crippen molar-refractivity contribution in [2.75, 3.05) is 13.2 Å². The van der Waals surface area contributed by atoms with Gasteiger partial charge in [-0.15, -0.1) is 0 Å². The van der Waals surface area contributed by atoms with Gasteiger partial charge in [-0.1, -0.05) is 12.1 Å². The molecule has 0 heterocycles. The molecule has 15 heavy (non-hydrogen) atoms. The molecule has 0 atom stereocenters. The maximum absolute atomic E-state index is 13.4. The van der Waals surface area contributed by atoms with Crippen molar-refractivity contribution >= 4 is 0 Å². The molecule has 0 bridgehead atoms. The lowest BCUT2D eigenvalue weighted by Crippen LogP contribution is -2.12. The number of aryl methyl sites for hydroxylation is 2. The summed E-state index contributed by atoms with van der Waals surface area (Å²) < 4.78 is 13.4. The van der Waals surface area contributed by atoms with E-state index in [4.69, 9.17) is 10.2 Å². The van der Waals surface area contributed by atoms with Gasteiger partial charge in [0.15, 0.2) is 0 Å². The maximum Gasteiger partial charge on any atom is 0.126 e. The van der Waals surface area contributed by atoms with Gasteiger partial charge in [0.25, 0.3) is 0 Å². The third-order valence-electron chi connectivity index (χ3n) is 2.55. The van der Waals surface area contributed by atoms with Crippen LogP contribution < -0.4 is 0 Å². The van der Waals surface area contributed by atoms with Crippen LogP contribution in [0.5, 0.6) is 0 Å². The second-order valence-corrected chi connectivity index (χ2v) is 3.86. The minimum absolute atomic E-state index is 0.0516. The van der Waals surface area contributed by atoms with Gasteiger partial charge in [-0.25, -0.2) is 4.39 Å². The fourth-order valence-electron chi connectivity index (χ4n) is 1.46. The zero-order valence-electron chi connectivity index (χ0n) is 8.91. The lowest BCUT2D eigenvalue weighted by atomic mass is 10.00. The average molecular weight is 212 g/mol. The molecule has 84 valence electrons. The van der Waals surface area contributed by atoms with Crippen molar-refractivity contribution in [2.45, 2.75) is 19.8 Å². The predicted octanol–water partition coefficient (Wildman–Crippen LogP) is 1.67. The SMILES string of the molecule is Cc1ccc(CCC(CO)CO)c(F)c1. The van der Waals surface area contributed by atoms with Crippen LogP contribution in [0.25, 0.3) is 0 Å². The maximum atomic E-state index is 13.4. The number of aliphatic hydroxyl groups is 2. The minimum atomic E-state index is -0.204. The van der Waals surface area contributed by atoms with Crippen LogP contribution in [0.3, 0.4) is 0 Å². The Balaban J connectivity index is 2.57. The number of hydrogen-bond acceptors (Lipinski definition) is 2. The van der Waals surface area contributed by atoms with Gasteiger partial charge in [0.05, 0.1) is 0 Å². The van der Waals surface area contributed by atoms with Gasteiger partial charge in [-0.3, -0.25) is 0 Å². The Morgan fingerprint density at radius 3 is 2.47 bits per heavy atom. The quantitative estimate of drug-likeness (QED) is 0.779. The molecule has 2 N–H and O–H groups in total. The largest absolute Gasteiger partial charge is 0.396 e. The third kappa shape index (κ3) is 3.61. The molecule has 0 radical (unpaired) electrons. The van der Waals surface area contributed by atoms with Gasteiger partial charge in [-0.05, 0) is 37.0 Å². The Morgan fingerprint density at radius 2 is 1.93 bits per heavy atom. The summed E-state index contributed by atoms with van der Waals surface area (Å²) in [5, 5.41) is 17.7. The number of aliphatic hydroxyl groups excluding tert-OH is 2. The second-order valence-electron chi connectivity index (χ2n) is 3.86. The highest BCUT2D eigenvalue weighted by molar-refractivity contribution is 5.23. The van der Waals surface area contributed by atoms with E-state index in [0.29, 0.717) is 18.4 Å². The molecule has 2 nitrogen and oxygen atoms in total. The van der Waals surface area contributed by atoms with Gasteiger partial charge < -0.3 is 10.2 Å². The van der Waals surface area contributed by atoms with E-state index in [1.54, 1.807) is 6.07 Å². The lowest BCUT2D eigenvalue weighted by Gasteiger charge is -2.10. The normalized spacial score (nSPS) is 11.0. The van der Waals surface area contributed by atoms with Crippen LogP contribution in [-0.2, 0) is 6.42 Å². The van der Waals surface area contributed by atoms with E-state index in [9.17, 15) is 4.39 Å². The van der Waals surface area contributed by atoms with Crippen LogP contribution in [0.2, 0.25) is 0 Å². The van der Waals surface area contributed by atoms with E-state index < -0.39 is 0 Å².